The Labute approximate surface area is 180 Å². The summed E-state index contributed by atoms with van der Waals surface area (Å²) in [5.41, 5.74) is -0.266. The number of hydrogen-bond acceptors (Lipinski definition) is 6. The lowest BCUT2D eigenvalue weighted by atomic mass is 10.0. The average molecular weight is 463 g/mol. The Morgan fingerprint density at radius 2 is 1.81 bits per heavy atom. The number of aromatic nitrogens is 5. The Kier molecular flexibility index (Phi) is 5.33. The Hall–Kier alpha value is -3.54. The molecule has 8 nitrogen and oxygen atoms in total. The molecule has 4 rings (SSSR count). The molecule has 0 radical (unpaired) electrons. The van der Waals surface area contributed by atoms with E-state index in [1.807, 2.05) is 0 Å². The van der Waals surface area contributed by atoms with E-state index in [1.54, 1.807) is 23.0 Å². The molecule has 0 saturated heterocycles. The van der Waals surface area contributed by atoms with Gasteiger partial charge in [-0.2, -0.15) is 18.3 Å². The molecule has 0 amide bonds. The molecule has 0 saturated carbocycles. The largest absolute Gasteiger partial charge is 0.434 e. The number of aryl methyl sites for hydroxylation is 2. The van der Waals surface area contributed by atoms with Gasteiger partial charge in [-0.3, -0.25) is 13.9 Å². The van der Waals surface area contributed by atoms with Crippen molar-refractivity contribution in [3.05, 3.63) is 72.1 Å². The van der Waals surface area contributed by atoms with Gasteiger partial charge in [0.15, 0.2) is 11.5 Å². The molecule has 0 N–H and O–H groups in total. The molecular formula is C20H16F3N5O3S. The van der Waals surface area contributed by atoms with E-state index in [9.17, 15) is 26.4 Å². The molecule has 166 valence electrons. The number of Topliss-reactive ketones (excluding diaryl/α,β-unsaturated/α-hetero) is 1. The van der Waals surface area contributed by atoms with Crippen molar-refractivity contribution < 1.29 is 26.4 Å². The molecule has 3 heterocycles. The molecule has 0 atom stereocenters. The number of imidazole rings is 1. The summed E-state index contributed by atoms with van der Waals surface area (Å²) in [7, 11) is -3.40. The van der Waals surface area contributed by atoms with Crippen LogP contribution in [-0.2, 0) is 29.5 Å². The third-order valence-electron chi connectivity index (χ3n) is 4.91. The van der Waals surface area contributed by atoms with E-state index in [4.69, 9.17) is 0 Å². The number of carbonyl (C=O) groups excluding carboxylic acids is 1. The van der Waals surface area contributed by atoms with Crippen LogP contribution in [0.3, 0.4) is 0 Å². The molecule has 3 aromatic heterocycles. The highest BCUT2D eigenvalue weighted by Gasteiger charge is 2.41. The number of ketones is 1. The number of fused-ring (bicyclic) bond motifs is 1. The smallest absolute Gasteiger partial charge is 0.294 e. The van der Waals surface area contributed by atoms with Gasteiger partial charge in [-0.05, 0) is 24.1 Å². The Balaban J connectivity index is 1.50. The quantitative estimate of drug-likeness (QED) is 0.408. The van der Waals surface area contributed by atoms with Gasteiger partial charge in [-0.15, -0.1) is 0 Å². The number of nitrogens with zero attached hydrogens (tertiary/aromatic N) is 5. The van der Waals surface area contributed by atoms with Gasteiger partial charge < -0.3 is 0 Å². The number of halogens is 3. The number of alkyl halides is 3. The van der Waals surface area contributed by atoms with E-state index < -0.39 is 26.6 Å². The highest BCUT2D eigenvalue weighted by atomic mass is 32.2. The molecule has 0 aliphatic carbocycles. The van der Waals surface area contributed by atoms with Crippen LogP contribution in [0.1, 0.15) is 28.0 Å². The van der Waals surface area contributed by atoms with Crippen molar-refractivity contribution in [3.8, 4) is 0 Å². The molecule has 0 unspecified atom stereocenters. The summed E-state index contributed by atoms with van der Waals surface area (Å²) in [4.78, 5) is 19.3. The van der Waals surface area contributed by atoms with Gasteiger partial charge in [0, 0.05) is 38.3 Å². The molecule has 4 aromatic rings. The summed E-state index contributed by atoms with van der Waals surface area (Å²) in [6.45, 7) is 0. The summed E-state index contributed by atoms with van der Waals surface area (Å²) in [6.07, 6.45) is 2.58. The number of hydrogen-bond donors (Lipinski definition) is 0. The summed E-state index contributed by atoms with van der Waals surface area (Å²) < 4.78 is 67.4. The zero-order valence-electron chi connectivity index (χ0n) is 16.6. The van der Waals surface area contributed by atoms with Gasteiger partial charge >= 0.3 is 6.18 Å². The maximum absolute atomic E-state index is 13.3. The van der Waals surface area contributed by atoms with Crippen molar-refractivity contribution in [1.82, 2.24) is 24.1 Å². The first-order valence-electron chi connectivity index (χ1n) is 9.32. The van der Waals surface area contributed by atoms with Gasteiger partial charge in [0.05, 0.1) is 16.7 Å². The van der Waals surface area contributed by atoms with Crippen molar-refractivity contribution >= 4 is 21.4 Å². The summed E-state index contributed by atoms with van der Waals surface area (Å²) in [5.74, 6) is 0.315. The second kappa shape index (κ2) is 7.86. The minimum Gasteiger partial charge on any atom is -0.294 e. The molecular weight excluding hydrogens is 447 g/mol. The molecule has 0 spiro atoms. The Morgan fingerprint density at radius 1 is 1.09 bits per heavy atom. The monoisotopic (exact) mass is 463 g/mol. The van der Waals surface area contributed by atoms with Gasteiger partial charge in [-0.25, -0.2) is 18.4 Å². The normalized spacial score (nSPS) is 12.4. The van der Waals surface area contributed by atoms with E-state index in [0.717, 1.165) is 7.05 Å². The van der Waals surface area contributed by atoms with Crippen LogP contribution in [-0.4, -0.2) is 38.4 Å². The zero-order chi connectivity index (χ0) is 23.1. The van der Waals surface area contributed by atoms with Gasteiger partial charge in [0.2, 0.25) is 15.6 Å². The molecule has 1 aromatic carbocycles. The Bertz CT molecular complexity index is 1410. The average Bonchev–Trinajstić information content (AvgIpc) is 3.38. The van der Waals surface area contributed by atoms with Crippen molar-refractivity contribution in [1.29, 1.82) is 0 Å². The molecule has 12 heteroatoms. The second-order valence-corrected chi connectivity index (χ2v) is 8.94. The number of sulfone groups is 1. The first-order valence-corrected chi connectivity index (χ1v) is 10.8. The molecule has 0 aliphatic rings. The van der Waals surface area contributed by atoms with Crippen molar-refractivity contribution in [2.45, 2.75) is 28.8 Å². The summed E-state index contributed by atoms with van der Waals surface area (Å²) >= 11 is 0. The molecule has 0 bridgehead atoms. The Morgan fingerprint density at radius 3 is 2.50 bits per heavy atom. The second-order valence-electron chi connectivity index (χ2n) is 7.03. The van der Waals surface area contributed by atoms with Gasteiger partial charge in [0.25, 0.3) is 0 Å². The zero-order valence-corrected chi connectivity index (χ0v) is 17.4. The van der Waals surface area contributed by atoms with E-state index in [-0.39, 0.29) is 17.1 Å². The van der Waals surface area contributed by atoms with Crippen molar-refractivity contribution in [2.24, 2.45) is 7.05 Å². The van der Waals surface area contributed by atoms with Gasteiger partial charge in [-0.1, -0.05) is 12.1 Å². The summed E-state index contributed by atoms with van der Waals surface area (Å²) in [5, 5.41) is 3.45. The van der Waals surface area contributed by atoms with Gasteiger partial charge in [0.1, 0.15) is 4.90 Å². The predicted octanol–water partition coefficient (Wildman–Crippen LogP) is 3.13. The third-order valence-corrected chi connectivity index (χ3v) is 6.68. The van der Waals surface area contributed by atoms with Crippen LogP contribution in [0.15, 0.2) is 65.0 Å². The van der Waals surface area contributed by atoms with Crippen LogP contribution in [0.5, 0.6) is 0 Å². The van der Waals surface area contributed by atoms with Crippen LogP contribution >= 0.6 is 0 Å². The lowest BCUT2D eigenvalue weighted by Crippen LogP contribution is -2.16. The fourth-order valence-corrected chi connectivity index (χ4v) is 4.70. The SMILES string of the molecule is Cn1ncc(S(=O)(=O)c2ccc(CCC(=O)c3cnc4nccn4c3)cc2)c1C(F)(F)F. The van der Waals surface area contributed by atoms with Crippen LogP contribution in [0.2, 0.25) is 0 Å². The highest BCUT2D eigenvalue weighted by molar-refractivity contribution is 7.91. The minimum absolute atomic E-state index is 0.148. The van der Waals surface area contributed by atoms with Crippen molar-refractivity contribution in [2.75, 3.05) is 0 Å². The fourth-order valence-electron chi connectivity index (χ4n) is 3.26. The maximum Gasteiger partial charge on any atom is 0.434 e. The number of rotatable bonds is 6. The molecule has 0 aliphatic heterocycles. The number of benzene rings is 1. The predicted molar refractivity (Wildman–Crippen MR) is 106 cm³/mol. The van der Waals surface area contributed by atoms with E-state index in [2.05, 4.69) is 15.1 Å². The van der Waals surface area contributed by atoms with E-state index in [1.165, 1.54) is 30.5 Å². The van der Waals surface area contributed by atoms with Crippen LogP contribution < -0.4 is 0 Å². The third kappa shape index (κ3) is 4.00. The lowest BCUT2D eigenvalue weighted by Gasteiger charge is -2.11. The van der Waals surface area contributed by atoms with E-state index >= 15 is 0 Å². The molecule has 32 heavy (non-hydrogen) atoms. The first-order chi connectivity index (χ1) is 15.1. The molecule has 0 fully saturated rings. The highest BCUT2D eigenvalue weighted by Crippen LogP contribution is 2.36. The topological polar surface area (TPSA) is 99.2 Å². The van der Waals surface area contributed by atoms with Crippen LogP contribution in [0.4, 0.5) is 13.2 Å². The van der Waals surface area contributed by atoms with Crippen LogP contribution in [0.25, 0.3) is 5.78 Å². The first kappa shape index (κ1) is 21.7. The van der Waals surface area contributed by atoms with E-state index in [0.29, 0.717) is 34.2 Å². The standard InChI is InChI=1S/C20H16F3N5O3S/c1-27-18(20(21,22)23)17(11-26-27)32(30,31)15-5-2-13(3-6-15)4-7-16(29)14-10-25-19-24-8-9-28(19)12-14/h2-3,5-6,8-12H,4,7H2,1H3. The maximum atomic E-state index is 13.3. The number of carbonyl (C=O) groups is 1. The fraction of sp³-hybridized carbons (Fsp3) is 0.200. The minimum atomic E-state index is -4.87. The summed E-state index contributed by atoms with van der Waals surface area (Å²) in [6, 6.07) is 5.39. The van der Waals surface area contributed by atoms with Crippen molar-refractivity contribution in [3.63, 3.8) is 0 Å². The lowest BCUT2D eigenvalue weighted by molar-refractivity contribution is -0.146. The van der Waals surface area contributed by atoms with Crippen LogP contribution in [0, 0.1) is 0 Å².